The lowest BCUT2D eigenvalue weighted by Crippen LogP contribution is -2.29. The van der Waals surface area contributed by atoms with Gasteiger partial charge in [0.15, 0.2) is 0 Å². The summed E-state index contributed by atoms with van der Waals surface area (Å²) in [7, 11) is -1.49. The maximum atomic E-state index is 9.05. The van der Waals surface area contributed by atoms with Crippen molar-refractivity contribution in [3.8, 4) is 6.07 Å². The molecule has 1 aliphatic carbocycles. The van der Waals surface area contributed by atoms with Crippen molar-refractivity contribution in [1.29, 1.82) is 5.26 Å². The van der Waals surface area contributed by atoms with Crippen molar-refractivity contribution in [2.24, 2.45) is 5.92 Å². The fourth-order valence-corrected chi connectivity index (χ4v) is 2.58. The van der Waals surface area contributed by atoms with Crippen molar-refractivity contribution in [1.82, 2.24) is 9.78 Å². The topological polar surface area (TPSA) is 82.1 Å². The SMILES string of the molecule is N#CCC(C1CCCC1)n1cc(B(O)O)cn1. The quantitative estimate of drug-likeness (QED) is 0.728. The van der Waals surface area contributed by atoms with E-state index in [2.05, 4.69) is 11.2 Å². The predicted molar refractivity (Wildman–Crippen MR) is 63.3 cm³/mol. The van der Waals surface area contributed by atoms with E-state index >= 15 is 0 Å². The molecule has 2 rings (SSSR count). The van der Waals surface area contributed by atoms with Gasteiger partial charge >= 0.3 is 7.12 Å². The third kappa shape index (κ3) is 2.68. The van der Waals surface area contributed by atoms with Gasteiger partial charge in [-0.15, -0.1) is 0 Å². The molecule has 90 valence electrons. The van der Waals surface area contributed by atoms with Gasteiger partial charge in [-0.1, -0.05) is 12.8 Å². The molecule has 5 nitrogen and oxygen atoms in total. The van der Waals surface area contributed by atoms with Crippen molar-refractivity contribution in [3.63, 3.8) is 0 Å². The van der Waals surface area contributed by atoms with Gasteiger partial charge in [0, 0.05) is 17.9 Å². The second kappa shape index (κ2) is 5.34. The van der Waals surface area contributed by atoms with Crippen LogP contribution in [0, 0.1) is 17.2 Å². The van der Waals surface area contributed by atoms with Gasteiger partial charge in [0.1, 0.15) is 0 Å². The average molecular weight is 233 g/mol. The smallest absolute Gasteiger partial charge is 0.423 e. The van der Waals surface area contributed by atoms with E-state index in [1.807, 2.05) is 0 Å². The molecule has 0 saturated heterocycles. The average Bonchev–Trinajstić information content (AvgIpc) is 2.97. The first kappa shape index (κ1) is 12.2. The molecule has 1 saturated carbocycles. The van der Waals surface area contributed by atoms with E-state index in [0.717, 1.165) is 12.8 Å². The Labute approximate surface area is 101 Å². The van der Waals surface area contributed by atoms with Gasteiger partial charge in [-0.05, 0) is 18.8 Å². The molecule has 17 heavy (non-hydrogen) atoms. The lowest BCUT2D eigenvalue weighted by Gasteiger charge is -2.21. The summed E-state index contributed by atoms with van der Waals surface area (Å²) in [6, 6.07) is 2.26. The highest BCUT2D eigenvalue weighted by molar-refractivity contribution is 6.58. The molecule has 6 heteroatoms. The molecule has 0 bridgehead atoms. The van der Waals surface area contributed by atoms with E-state index in [1.54, 1.807) is 10.9 Å². The second-order valence-electron chi connectivity index (χ2n) is 4.60. The molecular weight excluding hydrogens is 217 g/mol. The molecule has 1 aliphatic rings. The number of nitrogens with zero attached hydrogens (tertiary/aromatic N) is 3. The Morgan fingerprint density at radius 1 is 1.53 bits per heavy atom. The summed E-state index contributed by atoms with van der Waals surface area (Å²) < 4.78 is 1.72. The van der Waals surface area contributed by atoms with Crippen LogP contribution in [0.1, 0.15) is 38.1 Å². The van der Waals surface area contributed by atoms with Crippen LogP contribution in [0.2, 0.25) is 0 Å². The van der Waals surface area contributed by atoms with E-state index in [0.29, 0.717) is 17.8 Å². The predicted octanol–water partition coefficient (Wildman–Crippen LogP) is 0.208. The highest BCUT2D eigenvalue weighted by Crippen LogP contribution is 2.35. The Balaban J connectivity index is 2.16. The summed E-state index contributed by atoms with van der Waals surface area (Å²) in [5, 5.41) is 31.1. The molecule has 0 spiro atoms. The molecular formula is C11H16BN3O2. The normalized spacial score (nSPS) is 17.9. The van der Waals surface area contributed by atoms with E-state index in [9.17, 15) is 0 Å². The fraction of sp³-hybridized carbons (Fsp3) is 0.636. The van der Waals surface area contributed by atoms with Gasteiger partial charge < -0.3 is 10.0 Å². The highest BCUT2D eigenvalue weighted by atomic mass is 16.4. The zero-order chi connectivity index (χ0) is 12.3. The van der Waals surface area contributed by atoms with Gasteiger partial charge in [-0.25, -0.2) is 0 Å². The van der Waals surface area contributed by atoms with E-state index in [1.165, 1.54) is 19.0 Å². The largest absolute Gasteiger partial charge is 0.491 e. The van der Waals surface area contributed by atoms with Crippen LogP contribution in [0.5, 0.6) is 0 Å². The summed E-state index contributed by atoms with van der Waals surface area (Å²) in [6.07, 6.45) is 8.18. The van der Waals surface area contributed by atoms with Crippen molar-refractivity contribution >= 4 is 12.6 Å². The summed E-state index contributed by atoms with van der Waals surface area (Å²) >= 11 is 0. The molecule has 1 unspecified atom stereocenters. The molecule has 1 atom stereocenters. The van der Waals surface area contributed by atoms with Crippen molar-refractivity contribution < 1.29 is 10.0 Å². The molecule has 1 fully saturated rings. The van der Waals surface area contributed by atoms with Gasteiger partial charge in [-0.2, -0.15) is 10.4 Å². The molecule has 1 aromatic rings. The Kier molecular flexibility index (Phi) is 3.82. The monoisotopic (exact) mass is 233 g/mol. The lowest BCUT2D eigenvalue weighted by molar-refractivity contribution is 0.315. The first-order valence-electron chi connectivity index (χ1n) is 5.99. The molecule has 1 aromatic heterocycles. The molecule has 1 heterocycles. The summed E-state index contributed by atoms with van der Waals surface area (Å²) in [5.41, 5.74) is 0.380. The van der Waals surface area contributed by atoms with Crippen LogP contribution in [0.4, 0.5) is 0 Å². The van der Waals surface area contributed by atoms with E-state index < -0.39 is 7.12 Å². The molecule has 0 radical (unpaired) electrons. The standard InChI is InChI=1S/C11H16BN3O2/c13-6-5-11(9-3-1-2-4-9)15-8-10(7-14-15)12(16)17/h7-9,11,16-17H,1-5H2. The van der Waals surface area contributed by atoms with E-state index in [4.69, 9.17) is 15.3 Å². The van der Waals surface area contributed by atoms with Crippen LogP contribution in [-0.4, -0.2) is 26.9 Å². The maximum Gasteiger partial charge on any atom is 0.491 e. The number of hydrogen-bond donors (Lipinski definition) is 2. The number of rotatable bonds is 4. The molecule has 0 aromatic carbocycles. The van der Waals surface area contributed by atoms with Gasteiger partial charge in [0.2, 0.25) is 0 Å². The lowest BCUT2D eigenvalue weighted by atomic mass is 9.83. The van der Waals surface area contributed by atoms with E-state index in [-0.39, 0.29) is 6.04 Å². The fourth-order valence-electron chi connectivity index (χ4n) is 2.58. The summed E-state index contributed by atoms with van der Waals surface area (Å²) in [6.45, 7) is 0. The van der Waals surface area contributed by atoms with Crippen molar-refractivity contribution in [2.75, 3.05) is 0 Å². The van der Waals surface area contributed by atoms with Crippen molar-refractivity contribution in [3.05, 3.63) is 12.4 Å². The minimum Gasteiger partial charge on any atom is -0.423 e. The summed E-state index contributed by atoms with van der Waals surface area (Å²) in [5.74, 6) is 0.484. The summed E-state index contributed by atoms with van der Waals surface area (Å²) in [4.78, 5) is 0. The van der Waals surface area contributed by atoms with Gasteiger partial charge in [-0.3, -0.25) is 4.68 Å². The first-order chi connectivity index (χ1) is 8.22. The Bertz CT molecular complexity index is 407. The minimum atomic E-state index is -1.49. The van der Waals surface area contributed by atoms with Gasteiger partial charge in [0.25, 0.3) is 0 Å². The third-order valence-corrected chi connectivity index (χ3v) is 3.50. The van der Waals surface area contributed by atoms with Crippen LogP contribution >= 0.6 is 0 Å². The van der Waals surface area contributed by atoms with Gasteiger partial charge in [0.05, 0.1) is 18.5 Å². The van der Waals surface area contributed by atoms with Crippen LogP contribution in [-0.2, 0) is 0 Å². The number of hydrogen-bond acceptors (Lipinski definition) is 4. The van der Waals surface area contributed by atoms with Crippen LogP contribution < -0.4 is 5.46 Å². The van der Waals surface area contributed by atoms with Crippen molar-refractivity contribution in [2.45, 2.75) is 38.1 Å². The van der Waals surface area contributed by atoms with Crippen LogP contribution in [0.15, 0.2) is 12.4 Å². The van der Waals surface area contributed by atoms with Crippen LogP contribution in [0.25, 0.3) is 0 Å². The zero-order valence-electron chi connectivity index (χ0n) is 9.66. The maximum absolute atomic E-state index is 9.05. The first-order valence-corrected chi connectivity index (χ1v) is 5.99. The highest BCUT2D eigenvalue weighted by Gasteiger charge is 2.27. The Hall–Kier alpha value is -1.32. The Morgan fingerprint density at radius 2 is 2.24 bits per heavy atom. The molecule has 0 amide bonds. The minimum absolute atomic E-state index is 0.0648. The number of aromatic nitrogens is 2. The molecule has 0 aliphatic heterocycles. The second-order valence-corrected chi connectivity index (χ2v) is 4.60. The molecule has 2 N–H and O–H groups in total. The Morgan fingerprint density at radius 3 is 2.76 bits per heavy atom. The third-order valence-electron chi connectivity index (χ3n) is 3.50. The number of nitriles is 1. The zero-order valence-corrected chi connectivity index (χ0v) is 9.66. The van der Waals surface area contributed by atoms with Crippen LogP contribution in [0.3, 0.4) is 0 Å².